The lowest BCUT2D eigenvalue weighted by Crippen LogP contribution is -2.29. The molecule has 1 unspecified atom stereocenters. The molecule has 6 heteroatoms. The summed E-state index contributed by atoms with van der Waals surface area (Å²) in [6.45, 7) is 6.12. The highest BCUT2D eigenvalue weighted by molar-refractivity contribution is 6.51. The second kappa shape index (κ2) is 8.99. The van der Waals surface area contributed by atoms with E-state index in [2.05, 4.69) is 0 Å². The van der Waals surface area contributed by atoms with Gasteiger partial charge in [0.1, 0.15) is 11.5 Å². The Kier molecular flexibility index (Phi) is 6.24. The molecule has 1 aliphatic rings. The van der Waals surface area contributed by atoms with E-state index in [4.69, 9.17) is 16.3 Å². The number of nitrogens with zero attached hydrogens (tertiary/aromatic N) is 1. The fourth-order valence-electron chi connectivity index (χ4n) is 4.27. The number of amides is 1. The second-order valence-corrected chi connectivity index (χ2v) is 9.66. The van der Waals surface area contributed by atoms with Crippen molar-refractivity contribution in [1.82, 2.24) is 0 Å². The van der Waals surface area contributed by atoms with E-state index < -0.39 is 17.7 Å². The van der Waals surface area contributed by atoms with Gasteiger partial charge in [-0.2, -0.15) is 0 Å². The second-order valence-electron chi connectivity index (χ2n) is 9.22. The predicted molar refractivity (Wildman–Crippen MR) is 134 cm³/mol. The molecule has 0 aromatic heterocycles. The van der Waals surface area contributed by atoms with Gasteiger partial charge >= 0.3 is 0 Å². The molecule has 3 aromatic carbocycles. The number of ether oxygens (including phenoxy) is 1. The van der Waals surface area contributed by atoms with Gasteiger partial charge in [0, 0.05) is 21.8 Å². The molecular weight excluding hydrogens is 450 g/mol. The number of carbonyl (C=O) groups excluding carboxylic acids is 2. The summed E-state index contributed by atoms with van der Waals surface area (Å²) in [5.41, 5.74) is 2.25. The highest BCUT2D eigenvalue weighted by Crippen LogP contribution is 2.43. The fraction of sp³-hybridized carbons (Fsp3) is 0.214. The number of benzene rings is 3. The molecule has 174 valence electrons. The Bertz CT molecular complexity index is 1290. The number of methoxy groups -OCH3 is 1. The molecule has 0 radical (unpaired) electrons. The van der Waals surface area contributed by atoms with Crippen LogP contribution in [0.5, 0.6) is 5.75 Å². The summed E-state index contributed by atoms with van der Waals surface area (Å²) < 4.78 is 5.51. The number of aliphatic hydroxyl groups is 1. The van der Waals surface area contributed by atoms with Crippen LogP contribution in [-0.2, 0) is 15.0 Å². The van der Waals surface area contributed by atoms with Gasteiger partial charge in [-0.25, -0.2) is 0 Å². The first kappa shape index (κ1) is 23.6. The summed E-state index contributed by atoms with van der Waals surface area (Å²) in [5, 5.41) is 11.9. The van der Waals surface area contributed by atoms with Gasteiger partial charge in [0.05, 0.1) is 18.7 Å². The zero-order chi connectivity index (χ0) is 24.6. The molecule has 5 nitrogen and oxygen atoms in total. The Labute approximate surface area is 204 Å². The van der Waals surface area contributed by atoms with Gasteiger partial charge in [0.2, 0.25) is 0 Å². The number of ketones is 1. The summed E-state index contributed by atoms with van der Waals surface area (Å²) in [7, 11) is 1.59. The van der Waals surface area contributed by atoms with E-state index in [1.807, 2.05) is 57.2 Å². The van der Waals surface area contributed by atoms with Crippen LogP contribution >= 0.6 is 11.6 Å². The first-order valence-corrected chi connectivity index (χ1v) is 11.3. The van der Waals surface area contributed by atoms with Gasteiger partial charge < -0.3 is 9.84 Å². The zero-order valence-corrected chi connectivity index (χ0v) is 20.3. The van der Waals surface area contributed by atoms with Crippen LogP contribution in [0.25, 0.3) is 5.76 Å². The van der Waals surface area contributed by atoms with E-state index in [9.17, 15) is 14.7 Å². The smallest absolute Gasteiger partial charge is 0.300 e. The maximum absolute atomic E-state index is 13.3. The predicted octanol–water partition coefficient (Wildman–Crippen LogP) is 6.27. The molecule has 0 bridgehead atoms. The number of hydrogen-bond donors (Lipinski definition) is 1. The van der Waals surface area contributed by atoms with Crippen molar-refractivity contribution in [2.45, 2.75) is 32.2 Å². The Morgan fingerprint density at radius 2 is 1.68 bits per heavy atom. The Morgan fingerprint density at radius 3 is 2.29 bits per heavy atom. The van der Waals surface area contributed by atoms with Gasteiger partial charge in [-0.05, 0) is 47.4 Å². The lowest BCUT2D eigenvalue weighted by Gasteiger charge is -2.26. The molecule has 0 saturated carbocycles. The standard InChI is InChI=1S/C28H26ClNO4/c1-28(2,3)21-15-18(13-14-22(21)34-4)25(31)23-24(17-9-6-5-7-10-17)30(27(33)26(23)32)20-12-8-11-19(29)16-20/h5-16,24,31H,1-4H3/b25-23-. The minimum atomic E-state index is -0.806. The molecular formula is C28H26ClNO4. The molecule has 4 rings (SSSR count). The maximum Gasteiger partial charge on any atom is 0.300 e. The summed E-state index contributed by atoms with van der Waals surface area (Å²) in [4.78, 5) is 27.9. The van der Waals surface area contributed by atoms with Gasteiger partial charge in [-0.1, -0.05) is 68.8 Å². The minimum Gasteiger partial charge on any atom is -0.507 e. The van der Waals surface area contributed by atoms with Crippen molar-refractivity contribution in [2.24, 2.45) is 0 Å². The van der Waals surface area contributed by atoms with Crippen LogP contribution in [0, 0.1) is 0 Å². The molecule has 0 spiro atoms. The maximum atomic E-state index is 13.3. The number of aliphatic hydroxyl groups excluding tert-OH is 1. The van der Waals surface area contributed by atoms with Crippen LogP contribution in [0.1, 0.15) is 43.5 Å². The average molecular weight is 476 g/mol. The SMILES string of the molecule is COc1ccc(/C(O)=C2/C(=O)C(=O)N(c3cccc(Cl)c3)C2c2ccccc2)cc1C(C)(C)C. The van der Waals surface area contributed by atoms with Gasteiger partial charge in [0.15, 0.2) is 0 Å². The van der Waals surface area contributed by atoms with Crippen LogP contribution in [0.2, 0.25) is 5.02 Å². The summed E-state index contributed by atoms with van der Waals surface area (Å²) in [5.74, 6) is -1.02. The highest BCUT2D eigenvalue weighted by atomic mass is 35.5. The zero-order valence-electron chi connectivity index (χ0n) is 19.5. The quantitative estimate of drug-likeness (QED) is 0.274. The van der Waals surface area contributed by atoms with Crippen molar-refractivity contribution in [3.05, 3.63) is 100 Å². The third-order valence-electron chi connectivity index (χ3n) is 5.93. The number of rotatable bonds is 4. The van der Waals surface area contributed by atoms with E-state index in [1.165, 1.54) is 4.90 Å². The lowest BCUT2D eigenvalue weighted by atomic mass is 9.84. The van der Waals surface area contributed by atoms with Crippen molar-refractivity contribution in [3.63, 3.8) is 0 Å². The summed E-state index contributed by atoms with van der Waals surface area (Å²) >= 11 is 6.19. The Hall–Kier alpha value is -3.57. The normalized spacial score (nSPS) is 17.8. The molecule has 34 heavy (non-hydrogen) atoms. The van der Waals surface area contributed by atoms with Crippen molar-refractivity contribution in [2.75, 3.05) is 12.0 Å². The summed E-state index contributed by atoms with van der Waals surface area (Å²) in [6.07, 6.45) is 0. The van der Waals surface area contributed by atoms with Crippen molar-refractivity contribution in [1.29, 1.82) is 0 Å². The van der Waals surface area contributed by atoms with Gasteiger partial charge in [-0.3, -0.25) is 14.5 Å². The topological polar surface area (TPSA) is 66.8 Å². The fourth-order valence-corrected chi connectivity index (χ4v) is 4.46. The summed E-state index contributed by atoms with van der Waals surface area (Å²) in [6, 6.07) is 20.4. The molecule has 1 saturated heterocycles. The van der Waals surface area contributed by atoms with E-state index in [1.54, 1.807) is 43.5 Å². The molecule has 1 fully saturated rings. The van der Waals surface area contributed by atoms with Crippen molar-refractivity contribution >= 4 is 34.7 Å². The molecule has 1 heterocycles. The van der Waals surface area contributed by atoms with Crippen LogP contribution in [0.4, 0.5) is 5.69 Å². The number of carbonyl (C=O) groups is 2. The Morgan fingerprint density at radius 1 is 0.971 bits per heavy atom. The Balaban J connectivity index is 1.95. The molecule has 0 aliphatic carbocycles. The molecule has 1 aliphatic heterocycles. The van der Waals surface area contributed by atoms with Crippen LogP contribution in [0.15, 0.2) is 78.4 Å². The molecule has 1 atom stereocenters. The number of anilines is 1. The minimum absolute atomic E-state index is 0.0289. The van der Waals surface area contributed by atoms with E-state index in [-0.39, 0.29) is 16.7 Å². The number of halogens is 1. The third-order valence-corrected chi connectivity index (χ3v) is 6.16. The first-order valence-electron chi connectivity index (χ1n) is 10.9. The molecule has 3 aromatic rings. The third kappa shape index (κ3) is 4.19. The monoisotopic (exact) mass is 475 g/mol. The van der Waals surface area contributed by atoms with Crippen molar-refractivity contribution < 1.29 is 19.4 Å². The lowest BCUT2D eigenvalue weighted by molar-refractivity contribution is -0.132. The highest BCUT2D eigenvalue weighted by Gasteiger charge is 2.47. The van der Waals surface area contributed by atoms with E-state index >= 15 is 0 Å². The van der Waals surface area contributed by atoms with Crippen LogP contribution in [-0.4, -0.2) is 23.9 Å². The van der Waals surface area contributed by atoms with Crippen molar-refractivity contribution in [3.8, 4) is 5.75 Å². The van der Waals surface area contributed by atoms with E-state index in [0.717, 1.165) is 5.56 Å². The molecule has 1 amide bonds. The number of hydrogen-bond acceptors (Lipinski definition) is 4. The van der Waals surface area contributed by atoms with Crippen LogP contribution in [0.3, 0.4) is 0 Å². The number of Topliss-reactive ketones (excluding diaryl/α,β-unsaturated/α-hetero) is 1. The van der Waals surface area contributed by atoms with Gasteiger partial charge in [0.25, 0.3) is 11.7 Å². The van der Waals surface area contributed by atoms with Gasteiger partial charge in [-0.15, -0.1) is 0 Å². The molecule has 1 N–H and O–H groups in total. The first-order chi connectivity index (χ1) is 16.1. The van der Waals surface area contributed by atoms with E-state index in [0.29, 0.717) is 27.6 Å². The van der Waals surface area contributed by atoms with Crippen LogP contribution < -0.4 is 9.64 Å². The largest absolute Gasteiger partial charge is 0.507 e. The average Bonchev–Trinajstić information content (AvgIpc) is 3.08.